The molecule has 0 aliphatic rings. The molecule has 3 heteroatoms. The van der Waals surface area contributed by atoms with Gasteiger partial charge < -0.3 is 4.90 Å². The lowest BCUT2D eigenvalue weighted by Gasteiger charge is -2.11. The number of carbonyl (C=O) groups excluding carboxylic acids is 1. The molecule has 0 fully saturated rings. The minimum absolute atomic E-state index is 0.0486. The molecular formula is C11H16N2O. The molecular weight excluding hydrogens is 176 g/mol. The zero-order valence-corrected chi connectivity index (χ0v) is 9.11. The van der Waals surface area contributed by atoms with Crippen molar-refractivity contribution in [2.75, 3.05) is 14.1 Å². The maximum atomic E-state index is 11.6. The SMILES string of the molecule is CC(C)c1cccc(C(=O)N(C)C)n1. The lowest BCUT2D eigenvalue weighted by molar-refractivity contribution is 0.0821. The molecule has 0 spiro atoms. The van der Waals surface area contributed by atoms with E-state index in [9.17, 15) is 4.79 Å². The fourth-order valence-electron chi connectivity index (χ4n) is 1.12. The largest absolute Gasteiger partial charge is 0.343 e. The monoisotopic (exact) mass is 192 g/mol. The standard InChI is InChI=1S/C11H16N2O/c1-8(2)9-6-5-7-10(12-9)11(14)13(3)4/h5-8H,1-4H3. The van der Waals surface area contributed by atoms with E-state index in [-0.39, 0.29) is 5.91 Å². The van der Waals surface area contributed by atoms with Crippen LogP contribution < -0.4 is 0 Å². The van der Waals surface area contributed by atoms with E-state index in [1.54, 1.807) is 20.2 Å². The molecule has 0 aromatic carbocycles. The molecule has 1 amide bonds. The summed E-state index contributed by atoms with van der Waals surface area (Å²) in [5, 5.41) is 0. The predicted octanol–water partition coefficient (Wildman–Crippen LogP) is 1.91. The van der Waals surface area contributed by atoms with Gasteiger partial charge in [0.1, 0.15) is 5.69 Å². The first-order valence-electron chi connectivity index (χ1n) is 4.71. The van der Waals surface area contributed by atoms with Gasteiger partial charge in [0.2, 0.25) is 0 Å². The van der Waals surface area contributed by atoms with Crippen LogP contribution in [-0.4, -0.2) is 29.9 Å². The van der Waals surface area contributed by atoms with Gasteiger partial charge in [0.25, 0.3) is 5.91 Å². The molecule has 0 bridgehead atoms. The zero-order chi connectivity index (χ0) is 10.7. The van der Waals surface area contributed by atoms with E-state index in [0.29, 0.717) is 11.6 Å². The van der Waals surface area contributed by atoms with Gasteiger partial charge in [-0.2, -0.15) is 0 Å². The number of rotatable bonds is 2. The quantitative estimate of drug-likeness (QED) is 0.717. The molecule has 1 heterocycles. The molecule has 1 aromatic heterocycles. The molecule has 0 unspecified atom stereocenters. The minimum Gasteiger partial charge on any atom is -0.343 e. The molecule has 3 nitrogen and oxygen atoms in total. The van der Waals surface area contributed by atoms with Crippen molar-refractivity contribution in [2.45, 2.75) is 19.8 Å². The molecule has 0 aliphatic carbocycles. The fraction of sp³-hybridized carbons (Fsp3) is 0.455. The molecule has 1 rings (SSSR count). The molecule has 1 aromatic rings. The third-order valence-corrected chi connectivity index (χ3v) is 1.99. The Bertz CT molecular complexity index is 332. The van der Waals surface area contributed by atoms with Crippen LogP contribution >= 0.6 is 0 Å². The summed E-state index contributed by atoms with van der Waals surface area (Å²) in [6.45, 7) is 4.12. The van der Waals surface area contributed by atoms with E-state index < -0.39 is 0 Å². The van der Waals surface area contributed by atoms with Crippen molar-refractivity contribution >= 4 is 5.91 Å². The van der Waals surface area contributed by atoms with Gasteiger partial charge >= 0.3 is 0 Å². The van der Waals surface area contributed by atoms with Crippen LogP contribution in [0.3, 0.4) is 0 Å². The minimum atomic E-state index is -0.0486. The van der Waals surface area contributed by atoms with Crippen LogP contribution in [0.1, 0.15) is 35.9 Å². The maximum Gasteiger partial charge on any atom is 0.271 e. The van der Waals surface area contributed by atoms with Crippen LogP contribution in [0.25, 0.3) is 0 Å². The Labute approximate surface area is 84.8 Å². The van der Waals surface area contributed by atoms with Gasteiger partial charge in [-0.25, -0.2) is 4.98 Å². The first-order valence-corrected chi connectivity index (χ1v) is 4.71. The van der Waals surface area contributed by atoms with Crippen molar-refractivity contribution in [1.29, 1.82) is 0 Å². The molecule has 0 radical (unpaired) electrons. The predicted molar refractivity (Wildman–Crippen MR) is 56.3 cm³/mol. The van der Waals surface area contributed by atoms with Crippen LogP contribution in [0, 0.1) is 0 Å². The Morgan fingerprint density at radius 2 is 2.00 bits per heavy atom. The number of carbonyl (C=O) groups is 1. The average molecular weight is 192 g/mol. The lowest BCUT2D eigenvalue weighted by Crippen LogP contribution is -2.23. The summed E-state index contributed by atoms with van der Waals surface area (Å²) in [6, 6.07) is 5.56. The Morgan fingerprint density at radius 3 is 2.50 bits per heavy atom. The number of hydrogen-bond donors (Lipinski definition) is 0. The molecule has 76 valence electrons. The smallest absolute Gasteiger partial charge is 0.271 e. The van der Waals surface area contributed by atoms with Crippen LogP contribution in [0.4, 0.5) is 0 Å². The summed E-state index contributed by atoms with van der Waals surface area (Å²) in [7, 11) is 3.46. The van der Waals surface area contributed by atoms with Crippen molar-refractivity contribution in [3.8, 4) is 0 Å². The van der Waals surface area contributed by atoms with Gasteiger partial charge in [-0.05, 0) is 18.1 Å². The summed E-state index contributed by atoms with van der Waals surface area (Å²) in [5.41, 5.74) is 1.47. The van der Waals surface area contributed by atoms with Crippen molar-refractivity contribution in [1.82, 2.24) is 9.88 Å². The highest BCUT2D eigenvalue weighted by Crippen LogP contribution is 2.11. The molecule has 0 aliphatic heterocycles. The van der Waals surface area contributed by atoms with Crippen LogP contribution in [0.5, 0.6) is 0 Å². The second-order valence-electron chi connectivity index (χ2n) is 3.80. The van der Waals surface area contributed by atoms with E-state index >= 15 is 0 Å². The number of nitrogens with zero attached hydrogens (tertiary/aromatic N) is 2. The van der Waals surface area contributed by atoms with Crippen molar-refractivity contribution < 1.29 is 4.79 Å². The summed E-state index contributed by atoms with van der Waals surface area (Å²) in [6.07, 6.45) is 0. The van der Waals surface area contributed by atoms with Crippen molar-refractivity contribution in [3.05, 3.63) is 29.6 Å². The Hall–Kier alpha value is -1.38. The number of hydrogen-bond acceptors (Lipinski definition) is 2. The number of pyridine rings is 1. The van der Waals surface area contributed by atoms with E-state index in [0.717, 1.165) is 5.69 Å². The van der Waals surface area contributed by atoms with Gasteiger partial charge in [-0.15, -0.1) is 0 Å². The van der Waals surface area contributed by atoms with Gasteiger partial charge in [0.15, 0.2) is 0 Å². The molecule has 0 atom stereocenters. The molecule has 14 heavy (non-hydrogen) atoms. The number of aromatic nitrogens is 1. The van der Waals surface area contributed by atoms with Crippen LogP contribution in [0.15, 0.2) is 18.2 Å². The normalized spacial score (nSPS) is 10.4. The van der Waals surface area contributed by atoms with E-state index in [1.807, 2.05) is 12.1 Å². The molecule has 0 N–H and O–H groups in total. The highest BCUT2D eigenvalue weighted by molar-refractivity contribution is 5.91. The second-order valence-corrected chi connectivity index (χ2v) is 3.80. The Balaban J connectivity index is 3.00. The van der Waals surface area contributed by atoms with Gasteiger partial charge in [0.05, 0.1) is 0 Å². The highest BCUT2D eigenvalue weighted by Gasteiger charge is 2.10. The first kappa shape index (κ1) is 10.7. The van der Waals surface area contributed by atoms with E-state index in [1.165, 1.54) is 4.90 Å². The van der Waals surface area contributed by atoms with Gasteiger partial charge in [0, 0.05) is 19.8 Å². The van der Waals surface area contributed by atoms with Crippen molar-refractivity contribution in [2.24, 2.45) is 0 Å². The summed E-state index contributed by atoms with van der Waals surface area (Å²) in [5.74, 6) is 0.303. The fourth-order valence-corrected chi connectivity index (χ4v) is 1.12. The Morgan fingerprint density at radius 1 is 1.36 bits per heavy atom. The third kappa shape index (κ3) is 2.31. The molecule has 0 saturated heterocycles. The lowest BCUT2D eigenvalue weighted by atomic mass is 10.1. The summed E-state index contributed by atoms with van der Waals surface area (Å²) >= 11 is 0. The van der Waals surface area contributed by atoms with E-state index in [2.05, 4.69) is 18.8 Å². The van der Waals surface area contributed by atoms with Gasteiger partial charge in [-0.3, -0.25) is 4.79 Å². The third-order valence-electron chi connectivity index (χ3n) is 1.99. The zero-order valence-electron chi connectivity index (χ0n) is 9.11. The summed E-state index contributed by atoms with van der Waals surface area (Å²) in [4.78, 5) is 17.4. The second kappa shape index (κ2) is 4.22. The topological polar surface area (TPSA) is 33.2 Å². The first-order chi connectivity index (χ1) is 6.52. The van der Waals surface area contributed by atoms with Gasteiger partial charge in [-0.1, -0.05) is 19.9 Å². The average Bonchev–Trinajstić information content (AvgIpc) is 2.16. The Kier molecular flexibility index (Phi) is 3.23. The molecule has 0 saturated carbocycles. The maximum absolute atomic E-state index is 11.6. The van der Waals surface area contributed by atoms with Crippen molar-refractivity contribution in [3.63, 3.8) is 0 Å². The number of amides is 1. The highest BCUT2D eigenvalue weighted by atomic mass is 16.2. The van der Waals surface area contributed by atoms with Crippen LogP contribution in [0.2, 0.25) is 0 Å². The summed E-state index contributed by atoms with van der Waals surface area (Å²) < 4.78 is 0. The van der Waals surface area contributed by atoms with E-state index in [4.69, 9.17) is 0 Å². The van der Waals surface area contributed by atoms with Crippen LogP contribution in [-0.2, 0) is 0 Å².